The van der Waals surface area contributed by atoms with Gasteiger partial charge in [0.15, 0.2) is 5.65 Å². The summed E-state index contributed by atoms with van der Waals surface area (Å²) in [6, 6.07) is 0. The van der Waals surface area contributed by atoms with E-state index in [1.807, 2.05) is 33.1 Å². The van der Waals surface area contributed by atoms with Gasteiger partial charge in [-0.05, 0) is 27.7 Å². The summed E-state index contributed by atoms with van der Waals surface area (Å²) in [6.45, 7) is 8.78. The quantitative estimate of drug-likeness (QED) is 0.729. The molecule has 3 aromatic rings. The topological polar surface area (TPSA) is 74.7 Å². The highest BCUT2D eigenvalue weighted by Crippen LogP contribution is 2.17. The van der Waals surface area contributed by atoms with Gasteiger partial charge in [-0.2, -0.15) is 5.10 Å². The fourth-order valence-electron chi connectivity index (χ4n) is 2.48. The number of hydrogen-bond donors (Lipinski definition) is 0. The second-order valence-corrected chi connectivity index (χ2v) is 7.32. The van der Waals surface area contributed by atoms with E-state index in [4.69, 9.17) is 0 Å². The number of aryl methyl sites for hydroxylation is 2. The molecule has 8 heteroatoms. The van der Waals surface area contributed by atoms with Gasteiger partial charge >= 0.3 is 4.87 Å². The first kappa shape index (κ1) is 15.7. The molecule has 0 aliphatic carbocycles. The third kappa shape index (κ3) is 2.74. The van der Waals surface area contributed by atoms with E-state index in [1.54, 1.807) is 15.4 Å². The van der Waals surface area contributed by atoms with Gasteiger partial charge in [-0.15, -0.1) is 0 Å². The van der Waals surface area contributed by atoms with Crippen molar-refractivity contribution in [3.8, 4) is 0 Å². The van der Waals surface area contributed by atoms with Gasteiger partial charge in [0.05, 0.1) is 11.7 Å². The van der Waals surface area contributed by atoms with Crippen molar-refractivity contribution in [3.63, 3.8) is 0 Å². The molecule has 0 spiro atoms. The molecular formula is C15H19N5O2S. The molecule has 0 amide bonds. The lowest BCUT2D eigenvalue weighted by molar-refractivity contribution is 0.365. The van der Waals surface area contributed by atoms with Crippen LogP contribution in [0, 0.1) is 6.92 Å². The number of fused-ring (bicyclic) bond motifs is 1. The first-order valence-electron chi connectivity index (χ1n) is 7.37. The van der Waals surface area contributed by atoms with E-state index < -0.39 is 0 Å². The maximum atomic E-state index is 12.6. The Bertz CT molecular complexity index is 970. The molecule has 0 radical (unpaired) electrons. The van der Waals surface area contributed by atoms with Crippen LogP contribution in [-0.2, 0) is 18.6 Å². The van der Waals surface area contributed by atoms with Crippen molar-refractivity contribution in [2.45, 2.75) is 46.3 Å². The molecule has 0 saturated carbocycles. The van der Waals surface area contributed by atoms with Crippen LogP contribution in [0.25, 0.3) is 11.0 Å². The van der Waals surface area contributed by atoms with Crippen LogP contribution in [0.2, 0.25) is 0 Å². The predicted octanol–water partition coefficient (Wildman–Crippen LogP) is 1.58. The molecule has 0 N–H and O–H groups in total. The Kier molecular flexibility index (Phi) is 3.71. The zero-order valence-electron chi connectivity index (χ0n) is 13.6. The fraction of sp³-hybridized carbons (Fsp3) is 0.467. The molecular weight excluding hydrogens is 314 g/mol. The van der Waals surface area contributed by atoms with Crippen LogP contribution in [-0.4, -0.2) is 23.9 Å². The van der Waals surface area contributed by atoms with Gasteiger partial charge in [-0.25, -0.2) is 9.67 Å². The molecule has 0 aliphatic heterocycles. The first-order chi connectivity index (χ1) is 10.8. The third-order valence-electron chi connectivity index (χ3n) is 3.73. The number of rotatable bonds is 3. The van der Waals surface area contributed by atoms with Gasteiger partial charge in [0.1, 0.15) is 11.7 Å². The molecule has 3 aromatic heterocycles. The highest BCUT2D eigenvalue weighted by atomic mass is 32.1. The lowest BCUT2D eigenvalue weighted by atomic mass is 10.1. The van der Waals surface area contributed by atoms with Crippen molar-refractivity contribution in [3.05, 3.63) is 43.6 Å². The summed E-state index contributed by atoms with van der Waals surface area (Å²) in [7, 11) is 0. The minimum Gasteiger partial charge on any atom is -0.302 e. The second-order valence-electron chi connectivity index (χ2n) is 6.50. The Morgan fingerprint density at radius 3 is 2.57 bits per heavy atom. The fourth-order valence-corrected chi connectivity index (χ4v) is 3.24. The van der Waals surface area contributed by atoms with Crippen molar-refractivity contribution in [1.82, 2.24) is 23.9 Å². The molecule has 3 rings (SSSR count). The molecule has 7 nitrogen and oxygen atoms in total. The molecule has 0 aromatic carbocycles. The standard InChI is InChI=1S/C15H19N5O2S/c1-10-8-23-14(22)19(10)6-5-18-9-16-12-11(13(18)21)7-17-20(12)15(2,3)4/h7-9H,5-6H2,1-4H3. The molecule has 0 aliphatic rings. The summed E-state index contributed by atoms with van der Waals surface area (Å²) >= 11 is 1.17. The van der Waals surface area contributed by atoms with Gasteiger partial charge in [0.25, 0.3) is 5.56 Å². The molecule has 0 unspecified atom stereocenters. The molecule has 0 saturated heterocycles. The average Bonchev–Trinajstić information content (AvgIpc) is 3.03. The van der Waals surface area contributed by atoms with Crippen LogP contribution >= 0.6 is 11.3 Å². The number of thiazole rings is 1. The number of hydrogen-bond acceptors (Lipinski definition) is 5. The van der Waals surface area contributed by atoms with Crippen LogP contribution in [0.15, 0.2) is 27.5 Å². The molecule has 0 bridgehead atoms. The van der Waals surface area contributed by atoms with E-state index in [0.29, 0.717) is 24.1 Å². The number of nitrogens with zero attached hydrogens (tertiary/aromatic N) is 5. The largest absolute Gasteiger partial charge is 0.307 e. The summed E-state index contributed by atoms with van der Waals surface area (Å²) in [4.78, 5) is 28.7. The Labute approximate surface area is 136 Å². The molecule has 23 heavy (non-hydrogen) atoms. The van der Waals surface area contributed by atoms with Crippen molar-refractivity contribution < 1.29 is 0 Å². The van der Waals surface area contributed by atoms with Gasteiger partial charge in [-0.1, -0.05) is 11.3 Å². The highest BCUT2D eigenvalue weighted by Gasteiger charge is 2.19. The summed E-state index contributed by atoms with van der Waals surface area (Å²) in [6.07, 6.45) is 3.09. The second kappa shape index (κ2) is 5.45. The van der Waals surface area contributed by atoms with E-state index >= 15 is 0 Å². The van der Waals surface area contributed by atoms with Crippen LogP contribution in [0.3, 0.4) is 0 Å². The monoisotopic (exact) mass is 333 g/mol. The summed E-state index contributed by atoms with van der Waals surface area (Å²) in [5.41, 5.74) is 1.12. The Morgan fingerprint density at radius 2 is 1.96 bits per heavy atom. The van der Waals surface area contributed by atoms with Crippen molar-refractivity contribution in [1.29, 1.82) is 0 Å². The summed E-state index contributed by atoms with van der Waals surface area (Å²) in [5, 5.41) is 6.61. The summed E-state index contributed by atoms with van der Waals surface area (Å²) in [5.74, 6) is 0. The molecule has 0 atom stereocenters. The predicted molar refractivity (Wildman–Crippen MR) is 90.1 cm³/mol. The Morgan fingerprint density at radius 1 is 1.22 bits per heavy atom. The summed E-state index contributed by atoms with van der Waals surface area (Å²) < 4.78 is 4.95. The number of aromatic nitrogens is 5. The van der Waals surface area contributed by atoms with Crippen molar-refractivity contribution >= 4 is 22.4 Å². The Hall–Kier alpha value is -2.22. The lowest BCUT2D eigenvalue weighted by Gasteiger charge is -2.19. The molecule has 122 valence electrons. The van der Waals surface area contributed by atoms with Crippen molar-refractivity contribution in [2.75, 3.05) is 0 Å². The third-order valence-corrected chi connectivity index (χ3v) is 4.61. The van der Waals surface area contributed by atoms with E-state index in [9.17, 15) is 9.59 Å². The van der Waals surface area contributed by atoms with E-state index in [0.717, 1.165) is 5.69 Å². The SMILES string of the molecule is Cc1csc(=O)n1CCn1cnc2c(cnn2C(C)(C)C)c1=O. The lowest BCUT2D eigenvalue weighted by Crippen LogP contribution is -2.27. The molecule has 3 heterocycles. The van der Waals surface area contributed by atoms with Gasteiger partial charge in [0, 0.05) is 24.2 Å². The normalized spacial score (nSPS) is 12.2. The maximum absolute atomic E-state index is 12.6. The first-order valence-corrected chi connectivity index (χ1v) is 8.25. The average molecular weight is 333 g/mol. The van der Waals surface area contributed by atoms with Crippen molar-refractivity contribution in [2.24, 2.45) is 0 Å². The zero-order chi connectivity index (χ0) is 16.8. The van der Waals surface area contributed by atoms with Gasteiger partial charge in [-0.3, -0.25) is 14.2 Å². The Balaban J connectivity index is 1.96. The van der Waals surface area contributed by atoms with Crippen LogP contribution in [0.5, 0.6) is 0 Å². The zero-order valence-corrected chi connectivity index (χ0v) is 14.4. The van der Waals surface area contributed by atoms with E-state index in [-0.39, 0.29) is 16.0 Å². The van der Waals surface area contributed by atoms with E-state index in [2.05, 4.69) is 10.1 Å². The molecule has 0 fully saturated rings. The van der Waals surface area contributed by atoms with Crippen LogP contribution in [0.1, 0.15) is 26.5 Å². The van der Waals surface area contributed by atoms with Gasteiger partial charge in [0.2, 0.25) is 0 Å². The maximum Gasteiger partial charge on any atom is 0.307 e. The highest BCUT2D eigenvalue weighted by molar-refractivity contribution is 7.07. The van der Waals surface area contributed by atoms with Crippen LogP contribution in [0.4, 0.5) is 0 Å². The van der Waals surface area contributed by atoms with Gasteiger partial charge < -0.3 is 4.57 Å². The van der Waals surface area contributed by atoms with E-state index in [1.165, 1.54) is 22.2 Å². The minimum absolute atomic E-state index is 0.00913. The smallest absolute Gasteiger partial charge is 0.302 e. The minimum atomic E-state index is -0.242. The van der Waals surface area contributed by atoms with Crippen LogP contribution < -0.4 is 10.4 Å².